The van der Waals surface area contributed by atoms with E-state index < -0.39 is 0 Å². The van der Waals surface area contributed by atoms with Gasteiger partial charge in [-0.1, -0.05) is 23.2 Å². The molecule has 5 nitrogen and oxygen atoms in total. The largest absolute Gasteiger partial charge is 0.457 e. The molecule has 1 saturated heterocycles. The van der Waals surface area contributed by atoms with Crippen molar-refractivity contribution in [1.82, 2.24) is 4.90 Å². The summed E-state index contributed by atoms with van der Waals surface area (Å²) in [6.07, 6.45) is 1.70. The summed E-state index contributed by atoms with van der Waals surface area (Å²) in [5.41, 5.74) is 0.708. The first-order chi connectivity index (χ1) is 12.6. The number of hydrogen-bond acceptors (Lipinski definition) is 5. The second-order valence-electron chi connectivity index (χ2n) is 5.74. The fraction of sp³-hybridized carbons (Fsp3) is 0.222. The van der Waals surface area contributed by atoms with Crippen LogP contribution in [0, 0.1) is 0 Å². The van der Waals surface area contributed by atoms with Gasteiger partial charge in [-0.2, -0.15) is 4.99 Å². The van der Waals surface area contributed by atoms with Crippen LogP contribution in [-0.2, 0) is 9.53 Å². The number of morpholine rings is 1. The molecular weight excluding hydrogens is 395 g/mol. The highest BCUT2D eigenvalue weighted by atomic mass is 35.5. The minimum atomic E-state index is -0.254. The van der Waals surface area contributed by atoms with Crippen LogP contribution in [0.5, 0.6) is 0 Å². The van der Waals surface area contributed by atoms with Crippen molar-refractivity contribution in [2.75, 3.05) is 26.3 Å². The Morgan fingerprint density at radius 2 is 1.96 bits per heavy atom. The van der Waals surface area contributed by atoms with Crippen LogP contribution in [-0.4, -0.2) is 42.3 Å². The van der Waals surface area contributed by atoms with E-state index in [1.54, 1.807) is 36.4 Å². The quantitative estimate of drug-likeness (QED) is 0.681. The van der Waals surface area contributed by atoms with Crippen molar-refractivity contribution in [3.8, 4) is 11.3 Å². The number of carbonyl (C=O) groups excluding carboxylic acids is 1. The maximum Gasteiger partial charge on any atom is 0.286 e. The monoisotopic (exact) mass is 408 g/mol. The molecule has 0 bridgehead atoms. The molecule has 0 aliphatic carbocycles. The summed E-state index contributed by atoms with van der Waals surface area (Å²) in [5.74, 6) is 0.898. The van der Waals surface area contributed by atoms with E-state index in [-0.39, 0.29) is 5.91 Å². The number of amidine groups is 1. The highest BCUT2D eigenvalue weighted by molar-refractivity contribution is 8.18. The number of carbonyl (C=O) groups is 1. The van der Waals surface area contributed by atoms with Crippen LogP contribution >= 0.6 is 35.0 Å². The number of furan rings is 1. The number of hydrogen-bond donors (Lipinski definition) is 0. The summed E-state index contributed by atoms with van der Waals surface area (Å²) < 4.78 is 11.2. The Bertz CT molecular complexity index is 917. The van der Waals surface area contributed by atoms with Crippen LogP contribution in [0.1, 0.15) is 5.76 Å². The molecule has 2 aromatic rings. The van der Waals surface area contributed by atoms with Gasteiger partial charge in [-0.05, 0) is 42.1 Å². The van der Waals surface area contributed by atoms with Gasteiger partial charge in [0.05, 0.1) is 23.1 Å². The molecule has 0 unspecified atom stereocenters. The number of amides is 1. The Balaban J connectivity index is 1.54. The molecule has 4 rings (SSSR count). The number of nitrogens with zero attached hydrogens (tertiary/aromatic N) is 2. The van der Waals surface area contributed by atoms with E-state index in [1.165, 1.54) is 11.8 Å². The van der Waals surface area contributed by atoms with Crippen molar-refractivity contribution >= 4 is 52.1 Å². The summed E-state index contributed by atoms with van der Waals surface area (Å²) in [5, 5.41) is 1.84. The minimum Gasteiger partial charge on any atom is -0.457 e. The number of aliphatic imine (C=N–C) groups is 1. The van der Waals surface area contributed by atoms with Gasteiger partial charge in [0.1, 0.15) is 11.5 Å². The standard InChI is InChI=1S/C18H14Cl2N2O3S/c19-11-1-3-14(20)13(9-11)15-4-2-12(25-15)10-16-17(23)21-18(26-16)22-5-7-24-8-6-22/h1-4,9-10H,5-8H2/b16-10-. The molecule has 1 fully saturated rings. The predicted octanol–water partition coefficient (Wildman–Crippen LogP) is 4.56. The van der Waals surface area contributed by atoms with Gasteiger partial charge in [-0.15, -0.1) is 0 Å². The summed E-state index contributed by atoms with van der Waals surface area (Å²) in [7, 11) is 0. The third kappa shape index (κ3) is 3.69. The molecule has 134 valence electrons. The van der Waals surface area contributed by atoms with E-state index in [0.717, 1.165) is 13.1 Å². The molecule has 0 N–H and O–H groups in total. The van der Waals surface area contributed by atoms with Crippen LogP contribution in [0.3, 0.4) is 0 Å². The Morgan fingerprint density at radius 3 is 2.77 bits per heavy atom. The van der Waals surface area contributed by atoms with Gasteiger partial charge in [-0.25, -0.2) is 0 Å². The Hall–Kier alpha value is -1.73. The third-order valence-corrected chi connectivity index (χ3v) is 5.59. The molecule has 2 aliphatic rings. The Kier molecular flexibility index (Phi) is 5.09. The first-order valence-corrected chi connectivity index (χ1v) is 9.58. The second kappa shape index (κ2) is 7.48. The first-order valence-electron chi connectivity index (χ1n) is 8.01. The number of thioether (sulfide) groups is 1. The van der Waals surface area contributed by atoms with Crippen LogP contribution in [0.15, 0.2) is 44.6 Å². The van der Waals surface area contributed by atoms with Crippen LogP contribution < -0.4 is 0 Å². The topological polar surface area (TPSA) is 55.0 Å². The molecule has 0 saturated carbocycles. The van der Waals surface area contributed by atoms with Crippen molar-refractivity contribution < 1.29 is 13.9 Å². The number of benzene rings is 1. The Labute approximate surface area is 164 Å². The molecule has 0 spiro atoms. The zero-order chi connectivity index (χ0) is 18.1. The molecular formula is C18H14Cl2N2O3S. The van der Waals surface area contributed by atoms with Gasteiger partial charge in [0, 0.05) is 29.8 Å². The molecule has 1 aromatic carbocycles. The van der Waals surface area contributed by atoms with Gasteiger partial charge in [0.15, 0.2) is 5.17 Å². The Morgan fingerprint density at radius 1 is 1.15 bits per heavy atom. The first kappa shape index (κ1) is 17.7. The van der Waals surface area contributed by atoms with Crippen LogP contribution in [0.25, 0.3) is 17.4 Å². The lowest BCUT2D eigenvalue weighted by molar-refractivity contribution is -0.113. The van der Waals surface area contributed by atoms with Gasteiger partial charge in [-0.3, -0.25) is 4.79 Å². The van der Waals surface area contributed by atoms with E-state index in [1.807, 2.05) is 0 Å². The maximum absolute atomic E-state index is 12.2. The molecule has 8 heteroatoms. The lowest BCUT2D eigenvalue weighted by atomic mass is 10.2. The average Bonchev–Trinajstić information content (AvgIpc) is 3.25. The molecule has 0 atom stereocenters. The molecule has 2 aliphatic heterocycles. The number of ether oxygens (including phenoxy) is 1. The summed E-state index contributed by atoms with van der Waals surface area (Å²) >= 11 is 13.6. The predicted molar refractivity (Wildman–Crippen MR) is 105 cm³/mol. The zero-order valence-electron chi connectivity index (χ0n) is 13.6. The third-order valence-electron chi connectivity index (χ3n) is 3.98. The summed E-state index contributed by atoms with van der Waals surface area (Å²) in [4.78, 5) is 18.9. The van der Waals surface area contributed by atoms with E-state index in [9.17, 15) is 4.79 Å². The normalized spacial score (nSPS) is 19.3. The fourth-order valence-corrected chi connectivity index (χ4v) is 4.01. The number of rotatable bonds is 2. The van der Waals surface area contributed by atoms with E-state index in [4.69, 9.17) is 32.4 Å². The molecule has 1 aromatic heterocycles. The maximum atomic E-state index is 12.2. The van der Waals surface area contributed by atoms with Crippen molar-refractivity contribution in [3.05, 3.63) is 51.0 Å². The second-order valence-corrected chi connectivity index (χ2v) is 7.59. The van der Waals surface area contributed by atoms with Crippen LogP contribution in [0.2, 0.25) is 10.0 Å². The SMILES string of the molecule is O=C1N=C(N2CCOCC2)S/C1=C\c1ccc(-c2cc(Cl)ccc2Cl)o1. The average molecular weight is 409 g/mol. The number of halogens is 2. The van der Waals surface area contributed by atoms with E-state index >= 15 is 0 Å². The van der Waals surface area contributed by atoms with Gasteiger partial charge < -0.3 is 14.1 Å². The van der Waals surface area contributed by atoms with Gasteiger partial charge in [0.2, 0.25) is 0 Å². The van der Waals surface area contributed by atoms with Crippen molar-refractivity contribution in [2.45, 2.75) is 0 Å². The lowest BCUT2D eigenvalue weighted by Crippen LogP contribution is -2.38. The van der Waals surface area contributed by atoms with Crippen molar-refractivity contribution in [2.24, 2.45) is 4.99 Å². The molecule has 1 amide bonds. The van der Waals surface area contributed by atoms with Gasteiger partial charge >= 0.3 is 0 Å². The minimum absolute atomic E-state index is 0.254. The van der Waals surface area contributed by atoms with E-state index in [0.29, 0.717) is 50.4 Å². The highest BCUT2D eigenvalue weighted by Crippen LogP contribution is 2.34. The summed E-state index contributed by atoms with van der Waals surface area (Å²) in [6.45, 7) is 2.78. The lowest BCUT2D eigenvalue weighted by Gasteiger charge is -2.27. The van der Waals surface area contributed by atoms with Gasteiger partial charge in [0.25, 0.3) is 5.91 Å². The van der Waals surface area contributed by atoms with Crippen molar-refractivity contribution in [3.63, 3.8) is 0 Å². The molecule has 3 heterocycles. The summed E-state index contributed by atoms with van der Waals surface area (Å²) in [6, 6.07) is 8.78. The highest BCUT2D eigenvalue weighted by Gasteiger charge is 2.27. The molecule has 0 radical (unpaired) electrons. The smallest absolute Gasteiger partial charge is 0.286 e. The van der Waals surface area contributed by atoms with Crippen LogP contribution in [0.4, 0.5) is 0 Å². The molecule has 26 heavy (non-hydrogen) atoms. The van der Waals surface area contributed by atoms with E-state index in [2.05, 4.69) is 9.89 Å². The fourth-order valence-electron chi connectivity index (χ4n) is 2.68. The zero-order valence-corrected chi connectivity index (χ0v) is 15.9. The van der Waals surface area contributed by atoms with Crippen molar-refractivity contribution in [1.29, 1.82) is 0 Å².